The number of benzene rings is 3. The number of rotatable bonds is 4. The standard InChI is InChI=1S/C27H28N2O/c1-21-9-8-14-24-25(21)19-27(26(24)30,23-12-6-3-7-13-23)29-17-15-28(16-18-29)20-22-10-4-2-5-11-22/h2-14H,15-20H2,1H3. The molecular weight excluding hydrogens is 368 g/mol. The Labute approximate surface area is 178 Å². The van der Waals surface area contributed by atoms with Gasteiger partial charge in [0, 0.05) is 44.7 Å². The molecule has 0 radical (unpaired) electrons. The lowest BCUT2D eigenvalue weighted by Gasteiger charge is -2.45. The van der Waals surface area contributed by atoms with Gasteiger partial charge in [-0.2, -0.15) is 0 Å². The van der Waals surface area contributed by atoms with E-state index >= 15 is 0 Å². The molecule has 1 heterocycles. The summed E-state index contributed by atoms with van der Waals surface area (Å²) < 4.78 is 0. The molecule has 3 aromatic carbocycles. The van der Waals surface area contributed by atoms with Crippen LogP contribution in [0.4, 0.5) is 0 Å². The van der Waals surface area contributed by atoms with Crippen LogP contribution in [0.5, 0.6) is 0 Å². The molecule has 0 spiro atoms. The summed E-state index contributed by atoms with van der Waals surface area (Å²) in [5, 5.41) is 0. The van der Waals surface area contributed by atoms with Gasteiger partial charge in [-0.1, -0.05) is 78.9 Å². The predicted molar refractivity (Wildman–Crippen MR) is 121 cm³/mol. The monoisotopic (exact) mass is 396 g/mol. The van der Waals surface area contributed by atoms with Gasteiger partial charge in [-0.15, -0.1) is 0 Å². The fourth-order valence-electron chi connectivity index (χ4n) is 5.22. The van der Waals surface area contributed by atoms with Crippen LogP contribution in [0.1, 0.15) is 32.6 Å². The van der Waals surface area contributed by atoms with Crippen LogP contribution in [0.3, 0.4) is 0 Å². The number of nitrogens with zero attached hydrogens (tertiary/aromatic N) is 2. The Bertz CT molecular complexity index is 1040. The maximum absolute atomic E-state index is 13.9. The first-order valence-electron chi connectivity index (χ1n) is 10.9. The first-order valence-corrected chi connectivity index (χ1v) is 10.9. The smallest absolute Gasteiger partial charge is 0.188 e. The van der Waals surface area contributed by atoms with E-state index in [9.17, 15) is 4.79 Å². The summed E-state index contributed by atoms with van der Waals surface area (Å²) >= 11 is 0. The molecule has 30 heavy (non-hydrogen) atoms. The molecule has 0 aromatic heterocycles. The molecule has 5 rings (SSSR count). The Balaban J connectivity index is 1.44. The highest BCUT2D eigenvalue weighted by Crippen LogP contribution is 2.44. The summed E-state index contributed by atoms with van der Waals surface area (Å²) in [5.41, 5.74) is 5.25. The minimum absolute atomic E-state index is 0.268. The van der Waals surface area contributed by atoms with Crippen LogP contribution < -0.4 is 0 Å². The van der Waals surface area contributed by atoms with Crippen molar-refractivity contribution in [2.24, 2.45) is 0 Å². The van der Waals surface area contributed by atoms with Gasteiger partial charge in [0.2, 0.25) is 0 Å². The fraction of sp³-hybridized carbons (Fsp3) is 0.296. The normalized spacial score (nSPS) is 22.2. The van der Waals surface area contributed by atoms with Crippen molar-refractivity contribution in [1.82, 2.24) is 9.80 Å². The maximum Gasteiger partial charge on any atom is 0.188 e. The maximum atomic E-state index is 13.9. The summed E-state index contributed by atoms with van der Waals surface area (Å²) in [7, 11) is 0. The second-order valence-electron chi connectivity index (χ2n) is 8.58. The lowest BCUT2D eigenvalue weighted by Crippen LogP contribution is -2.58. The molecule has 0 saturated carbocycles. The van der Waals surface area contributed by atoms with Gasteiger partial charge >= 0.3 is 0 Å². The number of piperazine rings is 1. The highest BCUT2D eigenvalue weighted by atomic mass is 16.1. The molecule has 1 saturated heterocycles. The molecule has 0 amide bonds. The Morgan fingerprint density at radius 2 is 1.47 bits per heavy atom. The van der Waals surface area contributed by atoms with Crippen LogP contribution in [0.15, 0.2) is 78.9 Å². The van der Waals surface area contributed by atoms with E-state index < -0.39 is 5.54 Å². The van der Waals surface area contributed by atoms with E-state index in [2.05, 4.69) is 77.4 Å². The molecule has 1 fully saturated rings. The van der Waals surface area contributed by atoms with Gasteiger partial charge in [-0.3, -0.25) is 14.6 Å². The van der Waals surface area contributed by atoms with Crippen LogP contribution in [-0.2, 0) is 18.5 Å². The molecular formula is C27H28N2O. The lowest BCUT2D eigenvalue weighted by atomic mass is 9.83. The molecule has 3 nitrogen and oxygen atoms in total. The minimum atomic E-state index is -0.575. The molecule has 1 aliphatic heterocycles. The van der Waals surface area contributed by atoms with Crippen LogP contribution in [0.2, 0.25) is 0 Å². The molecule has 152 valence electrons. The molecule has 3 aromatic rings. The van der Waals surface area contributed by atoms with Gasteiger partial charge in [0.05, 0.1) is 0 Å². The zero-order valence-corrected chi connectivity index (χ0v) is 17.6. The third-order valence-corrected chi connectivity index (χ3v) is 6.88. The number of fused-ring (bicyclic) bond motifs is 1. The van der Waals surface area contributed by atoms with Crippen LogP contribution in [0.25, 0.3) is 0 Å². The van der Waals surface area contributed by atoms with Crippen LogP contribution in [0, 0.1) is 6.92 Å². The minimum Gasteiger partial charge on any atom is -0.297 e. The highest BCUT2D eigenvalue weighted by Gasteiger charge is 2.51. The molecule has 2 aliphatic rings. The van der Waals surface area contributed by atoms with Crippen LogP contribution in [-0.4, -0.2) is 41.8 Å². The molecule has 0 bridgehead atoms. The number of aryl methyl sites for hydroxylation is 1. The van der Waals surface area contributed by atoms with Crippen molar-refractivity contribution in [3.05, 3.63) is 107 Å². The number of Topliss-reactive ketones (excluding diaryl/α,β-unsaturated/α-hetero) is 1. The zero-order chi connectivity index (χ0) is 20.6. The van der Waals surface area contributed by atoms with Crippen LogP contribution >= 0.6 is 0 Å². The van der Waals surface area contributed by atoms with E-state index in [1.165, 1.54) is 16.7 Å². The van der Waals surface area contributed by atoms with Gasteiger partial charge in [-0.05, 0) is 29.2 Å². The first kappa shape index (κ1) is 19.2. The Morgan fingerprint density at radius 3 is 2.13 bits per heavy atom. The van der Waals surface area contributed by atoms with Crippen molar-refractivity contribution >= 4 is 5.78 Å². The molecule has 1 unspecified atom stereocenters. The van der Waals surface area contributed by atoms with Crippen molar-refractivity contribution in [3.63, 3.8) is 0 Å². The molecule has 1 atom stereocenters. The van der Waals surface area contributed by atoms with Crippen molar-refractivity contribution < 1.29 is 4.79 Å². The number of carbonyl (C=O) groups excluding carboxylic acids is 1. The van der Waals surface area contributed by atoms with E-state index in [4.69, 9.17) is 0 Å². The third-order valence-electron chi connectivity index (χ3n) is 6.88. The lowest BCUT2D eigenvalue weighted by molar-refractivity contribution is 0.0288. The van der Waals surface area contributed by atoms with Crippen molar-refractivity contribution in [2.45, 2.75) is 25.4 Å². The summed E-state index contributed by atoms with van der Waals surface area (Å²) in [6, 6.07) is 27.2. The molecule has 0 N–H and O–H groups in total. The second kappa shape index (κ2) is 7.82. The number of ketones is 1. The number of hydrogen-bond donors (Lipinski definition) is 0. The Kier molecular flexibility index (Phi) is 5.01. The Hall–Kier alpha value is -2.75. The quantitative estimate of drug-likeness (QED) is 0.651. The largest absolute Gasteiger partial charge is 0.297 e. The average Bonchev–Trinajstić information content (AvgIpc) is 3.10. The molecule has 3 heteroatoms. The van der Waals surface area contributed by atoms with E-state index in [0.717, 1.165) is 50.3 Å². The first-order chi connectivity index (χ1) is 14.7. The summed E-state index contributed by atoms with van der Waals surface area (Å²) in [6.45, 7) is 6.87. The van der Waals surface area contributed by atoms with Gasteiger partial charge in [0.25, 0.3) is 0 Å². The van der Waals surface area contributed by atoms with Gasteiger partial charge in [-0.25, -0.2) is 0 Å². The van der Waals surface area contributed by atoms with Gasteiger partial charge in [0.15, 0.2) is 5.78 Å². The second-order valence-corrected chi connectivity index (χ2v) is 8.58. The third kappa shape index (κ3) is 3.19. The van der Waals surface area contributed by atoms with E-state index in [-0.39, 0.29) is 5.78 Å². The molecule has 1 aliphatic carbocycles. The van der Waals surface area contributed by atoms with Gasteiger partial charge in [0.1, 0.15) is 5.54 Å². The topological polar surface area (TPSA) is 23.6 Å². The number of carbonyl (C=O) groups is 1. The van der Waals surface area contributed by atoms with E-state index in [1.54, 1.807) is 0 Å². The van der Waals surface area contributed by atoms with E-state index in [1.807, 2.05) is 18.2 Å². The van der Waals surface area contributed by atoms with Crippen molar-refractivity contribution in [1.29, 1.82) is 0 Å². The van der Waals surface area contributed by atoms with Gasteiger partial charge < -0.3 is 0 Å². The summed E-state index contributed by atoms with van der Waals surface area (Å²) in [4.78, 5) is 18.8. The van der Waals surface area contributed by atoms with E-state index in [0.29, 0.717) is 0 Å². The number of hydrogen-bond acceptors (Lipinski definition) is 3. The zero-order valence-electron chi connectivity index (χ0n) is 17.6. The summed E-state index contributed by atoms with van der Waals surface area (Å²) in [6.07, 6.45) is 0.774. The fourth-order valence-corrected chi connectivity index (χ4v) is 5.22. The van der Waals surface area contributed by atoms with Crippen molar-refractivity contribution in [3.8, 4) is 0 Å². The SMILES string of the molecule is Cc1cccc2c1CC(c1ccccc1)(N1CCN(Cc3ccccc3)CC1)C2=O. The Morgan fingerprint density at radius 1 is 0.800 bits per heavy atom. The highest BCUT2D eigenvalue weighted by molar-refractivity contribution is 6.08. The summed E-state index contributed by atoms with van der Waals surface area (Å²) in [5.74, 6) is 0.268. The predicted octanol–water partition coefficient (Wildman–Crippen LogP) is 4.45. The van der Waals surface area contributed by atoms with Crippen molar-refractivity contribution in [2.75, 3.05) is 26.2 Å². The average molecular weight is 397 g/mol.